The Morgan fingerprint density at radius 3 is 2.58 bits per heavy atom. The number of carboxylic acids is 1. The van der Waals surface area contributed by atoms with E-state index in [0.717, 1.165) is 5.39 Å². The van der Waals surface area contributed by atoms with Gasteiger partial charge in [0.1, 0.15) is 11.5 Å². The molecule has 0 saturated carbocycles. The van der Waals surface area contributed by atoms with Crippen molar-refractivity contribution in [1.29, 1.82) is 0 Å². The lowest BCUT2D eigenvalue weighted by Gasteiger charge is -2.10. The molecule has 1 heterocycles. The van der Waals surface area contributed by atoms with Gasteiger partial charge < -0.3 is 14.6 Å². The van der Waals surface area contributed by atoms with Gasteiger partial charge in [0.15, 0.2) is 6.10 Å². The van der Waals surface area contributed by atoms with Gasteiger partial charge in [-0.2, -0.15) is 4.98 Å². The number of halogens is 1. The van der Waals surface area contributed by atoms with E-state index in [1.165, 1.54) is 6.92 Å². The molecule has 0 fully saturated rings. The van der Waals surface area contributed by atoms with E-state index in [4.69, 9.17) is 26.2 Å². The van der Waals surface area contributed by atoms with Crippen molar-refractivity contribution in [2.24, 2.45) is 0 Å². The number of rotatable bonds is 5. The first-order valence-corrected chi connectivity index (χ1v) is 7.49. The molecule has 2 aromatic carbocycles. The zero-order chi connectivity index (χ0) is 17.1. The fourth-order valence-corrected chi connectivity index (χ4v) is 2.14. The topological polar surface area (TPSA) is 81.5 Å². The molecule has 3 rings (SSSR count). The van der Waals surface area contributed by atoms with Crippen LogP contribution in [0.3, 0.4) is 0 Å². The average Bonchev–Trinajstić information content (AvgIpc) is 2.56. The molecule has 1 unspecified atom stereocenters. The third kappa shape index (κ3) is 3.72. The number of aliphatic carboxylic acids is 1. The van der Waals surface area contributed by atoms with Gasteiger partial charge in [-0.1, -0.05) is 11.6 Å². The van der Waals surface area contributed by atoms with E-state index >= 15 is 0 Å². The summed E-state index contributed by atoms with van der Waals surface area (Å²) in [5.41, 5.74) is 0.683. The van der Waals surface area contributed by atoms with Gasteiger partial charge in [-0.25, -0.2) is 9.78 Å². The van der Waals surface area contributed by atoms with E-state index in [9.17, 15) is 4.79 Å². The predicted molar refractivity (Wildman–Crippen MR) is 88.8 cm³/mol. The van der Waals surface area contributed by atoms with Gasteiger partial charge >= 0.3 is 12.0 Å². The maximum absolute atomic E-state index is 10.8. The van der Waals surface area contributed by atoms with Crippen LogP contribution in [0.5, 0.6) is 17.5 Å². The van der Waals surface area contributed by atoms with Crippen LogP contribution in [0.1, 0.15) is 6.92 Å². The molecule has 7 heteroatoms. The highest BCUT2D eigenvalue weighted by Crippen LogP contribution is 2.24. The Balaban J connectivity index is 1.75. The molecule has 0 aliphatic carbocycles. The Bertz CT molecular complexity index is 883. The highest BCUT2D eigenvalue weighted by atomic mass is 35.5. The second-order valence-electron chi connectivity index (χ2n) is 5.03. The summed E-state index contributed by atoms with van der Waals surface area (Å²) in [6.45, 7) is 1.46. The Morgan fingerprint density at radius 2 is 1.88 bits per heavy atom. The third-order valence-corrected chi connectivity index (χ3v) is 3.45. The summed E-state index contributed by atoms with van der Waals surface area (Å²) in [7, 11) is 0. The Labute approximate surface area is 142 Å². The highest BCUT2D eigenvalue weighted by molar-refractivity contribution is 6.31. The minimum Gasteiger partial charge on any atom is -0.479 e. The summed E-state index contributed by atoms with van der Waals surface area (Å²) in [5, 5.41) is 10.3. The molecule has 3 aromatic rings. The Morgan fingerprint density at radius 1 is 1.17 bits per heavy atom. The smallest absolute Gasteiger partial charge is 0.344 e. The predicted octanol–water partition coefficient (Wildman–Crippen LogP) is 3.93. The monoisotopic (exact) mass is 344 g/mol. The SMILES string of the molecule is CC(Oc1ccc(Oc2ncc3ccc(Cl)cc3n2)cc1)C(=O)O. The Hall–Kier alpha value is -2.86. The first-order chi connectivity index (χ1) is 11.5. The van der Waals surface area contributed by atoms with Gasteiger partial charge in [-0.05, 0) is 49.4 Å². The second kappa shape index (κ2) is 6.72. The molecule has 0 saturated heterocycles. The number of carboxylic acid groups (broad SMARTS) is 1. The number of aromatic nitrogens is 2. The lowest BCUT2D eigenvalue weighted by Crippen LogP contribution is -2.22. The molecule has 0 spiro atoms. The molecule has 122 valence electrons. The van der Waals surface area contributed by atoms with Gasteiger partial charge in [0.25, 0.3) is 0 Å². The van der Waals surface area contributed by atoms with Crippen LogP contribution in [-0.4, -0.2) is 27.1 Å². The molecule has 0 aliphatic heterocycles. The number of fused-ring (bicyclic) bond motifs is 1. The van der Waals surface area contributed by atoms with Crippen molar-refractivity contribution < 1.29 is 19.4 Å². The van der Waals surface area contributed by atoms with Crippen LogP contribution < -0.4 is 9.47 Å². The van der Waals surface area contributed by atoms with E-state index < -0.39 is 12.1 Å². The summed E-state index contributed by atoms with van der Waals surface area (Å²) in [4.78, 5) is 19.2. The van der Waals surface area contributed by atoms with Crippen LogP contribution in [0, 0.1) is 0 Å². The minimum absolute atomic E-state index is 0.192. The van der Waals surface area contributed by atoms with Gasteiger partial charge in [0.2, 0.25) is 0 Å². The molecule has 6 nitrogen and oxygen atoms in total. The van der Waals surface area contributed by atoms with Crippen molar-refractivity contribution in [3.05, 3.63) is 53.7 Å². The molecule has 1 N–H and O–H groups in total. The van der Waals surface area contributed by atoms with Crippen LogP contribution in [0.4, 0.5) is 0 Å². The summed E-state index contributed by atoms with van der Waals surface area (Å²) in [5.74, 6) is -0.0891. The largest absolute Gasteiger partial charge is 0.479 e. The first-order valence-electron chi connectivity index (χ1n) is 7.11. The van der Waals surface area contributed by atoms with Crippen molar-refractivity contribution in [3.63, 3.8) is 0 Å². The maximum Gasteiger partial charge on any atom is 0.344 e. The third-order valence-electron chi connectivity index (χ3n) is 3.22. The van der Waals surface area contributed by atoms with Crippen LogP contribution in [0.15, 0.2) is 48.7 Å². The maximum atomic E-state index is 10.8. The lowest BCUT2D eigenvalue weighted by molar-refractivity contribution is -0.144. The van der Waals surface area contributed by atoms with Crippen LogP contribution in [-0.2, 0) is 4.79 Å². The molecule has 1 aromatic heterocycles. The number of carbonyl (C=O) groups is 1. The first kappa shape index (κ1) is 16.0. The second-order valence-corrected chi connectivity index (χ2v) is 5.46. The summed E-state index contributed by atoms with van der Waals surface area (Å²) in [6, 6.07) is 12.1. The molecular formula is C17H13ClN2O4. The van der Waals surface area contributed by atoms with Gasteiger partial charge in [0.05, 0.1) is 5.52 Å². The normalized spacial score (nSPS) is 11.9. The number of hydrogen-bond acceptors (Lipinski definition) is 5. The number of ether oxygens (including phenoxy) is 2. The van der Waals surface area contributed by atoms with E-state index in [1.807, 2.05) is 6.07 Å². The number of hydrogen-bond donors (Lipinski definition) is 1. The van der Waals surface area contributed by atoms with Crippen molar-refractivity contribution in [2.75, 3.05) is 0 Å². The van der Waals surface area contributed by atoms with Crippen molar-refractivity contribution in [2.45, 2.75) is 13.0 Å². The van der Waals surface area contributed by atoms with Crippen molar-refractivity contribution in [1.82, 2.24) is 9.97 Å². The summed E-state index contributed by atoms with van der Waals surface area (Å²) in [6.07, 6.45) is 0.727. The molecule has 24 heavy (non-hydrogen) atoms. The van der Waals surface area contributed by atoms with Crippen LogP contribution >= 0.6 is 11.6 Å². The zero-order valence-electron chi connectivity index (χ0n) is 12.6. The molecule has 1 atom stereocenters. The molecule has 0 bridgehead atoms. The van der Waals surface area contributed by atoms with E-state index in [0.29, 0.717) is 22.0 Å². The molecule has 0 amide bonds. The number of benzene rings is 2. The lowest BCUT2D eigenvalue weighted by atomic mass is 10.2. The molecule has 0 radical (unpaired) electrons. The quantitative estimate of drug-likeness (QED) is 0.755. The number of nitrogens with zero attached hydrogens (tertiary/aromatic N) is 2. The fraction of sp³-hybridized carbons (Fsp3) is 0.118. The van der Waals surface area contributed by atoms with Crippen LogP contribution in [0.25, 0.3) is 10.9 Å². The van der Waals surface area contributed by atoms with Gasteiger partial charge in [0, 0.05) is 16.6 Å². The van der Waals surface area contributed by atoms with E-state index in [2.05, 4.69) is 9.97 Å². The van der Waals surface area contributed by atoms with Crippen LogP contribution in [0.2, 0.25) is 5.02 Å². The molecular weight excluding hydrogens is 332 g/mol. The fourth-order valence-electron chi connectivity index (χ4n) is 1.97. The molecule has 0 aliphatic rings. The standard InChI is InChI=1S/C17H13ClN2O4/c1-10(16(21)22)23-13-4-6-14(7-5-13)24-17-19-9-11-2-3-12(18)8-15(11)20-17/h2-10H,1H3,(H,21,22). The van der Waals surface area contributed by atoms with E-state index in [-0.39, 0.29) is 6.01 Å². The summed E-state index contributed by atoms with van der Waals surface area (Å²) < 4.78 is 10.8. The highest BCUT2D eigenvalue weighted by Gasteiger charge is 2.12. The zero-order valence-corrected chi connectivity index (χ0v) is 13.4. The summed E-state index contributed by atoms with van der Waals surface area (Å²) >= 11 is 5.96. The Kier molecular flexibility index (Phi) is 4.48. The average molecular weight is 345 g/mol. The van der Waals surface area contributed by atoms with Crippen molar-refractivity contribution in [3.8, 4) is 17.5 Å². The van der Waals surface area contributed by atoms with Gasteiger partial charge in [-0.15, -0.1) is 0 Å². The van der Waals surface area contributed by atoms with Gasteiger partial charge in [-0.3, -0.25) is 0 Å². The van der Waals surface area contributed by atoms with Crippen molar-refractivity contribution >= 4 is 28.5 Å². The van der Waals surface area contributed by atoms with E-state index in [1.54, 1.807) is 42.6 Å². The minimum atomic E-state index is -1.03.